The Morgan fingerprint density at radius 3 is 2.71 bits per heavy atom. The van der Waals surface area contributed by atoms with E-state index in [9.17, 15) is 10.1 Å². The third-order valence-corrected chi connectivity index (χ3v) is 4.36. The smallest absolute Gasteiger partial charge is 0.277 e. The number of anilines is 1. The molecule has 4 rings (SSSR count). The molecular formula is C17H16N4O3. The molecule has 0 atom stereocenters. The first kappa shape index (κ1) is 14.6. The number of nitro groups is 1. The Morgan fingerprint density at radius 1 is 1.12 bits per heavy atom. The molecule has 7 nitrogen and oxygen atoms in total. The van der Waals surface area contributed by atoms with E-state index in [1.165, 1.54) is 18.9 Å². The van der Waals surface area contributed by atoms with Crippen LogP contribution in [0.1, 0.15) is 19.3 Å². The summed E-state index contributed by atoms with van der Waals surface area (Å²) in [5.74, 6) is 0.784. The van der Waals surface area contributed by atoms with Crippen molar-refractivity contribution in [2.45, 2.75) is 19.3 Å². The topological polar surface area (TPSA) is 85.3 Å². The van der Waals surface area contributed by atoms with Gasteiger partial charge in [-0.2, -0.15) is 4.98 Å². The zero-order valence-corrected chi connectivity index (χ0v) is 13.0. The van der Waals surface area contributed by atoms with Crippen LogP contribution in [0, 0.1) is 10.1 Å². The highest BCUT2D eigenvalue weighted by Gasteiger charge is 2.22. The van der Waals surface area contributed by atoms with Gasteiger partial charge in [0, 0.05) is 24.7 Å². The van der Waals surface area contributed by atoms with Crippen molar-refractivity contribution in [1.82, 2.24) is 9.97 Å². The molecule has 122 valence electrons. The van der Waals surface area contributed by atoms with Gasteiger partial charge in [-0.3, -0.25) is 10.1 Å². The standard InChI is InChI=1S/C17H16N4O3/c22-21(23)14-7-3-2-6-12(14)13-10-15(20-8-4-1-5-9-20)19-17-16(13)18-11-24-17/h2-3,6-7,10-11H,1,4-5,8-9H2. The maximum Gasteiger partial charge on any atom is 0.277 e. The number of benzene rings is 1. The number of rotatable bonds is 3. The van der Waals surface area contributed by atoms with Crippen LogP contribution in [-0.4, -0.2) is 28.0 Å². The van der Waals surface area contributed by atoms with Crippen molar-refractivity contribution in [3.8, 4) is 11.1 Å². The van der Waals surface area contributed by atoms with Crippen molar-refractivity contribution in [2.75, 3.05) is 18.0 Å². The number of hydrogen-bond acceptors (Lipinski definition) is 6. The van der Waals surface area contributed by atoms with Crippen LogP contribution < -0.4 is 4.90 Å². The summed E-state index contributed by atoms with van der Waals surface area (Å²) in [6.07, 6.45) is 4.79. The lowest BCUT2D eigenvalue weighted by Gasteiger charge is -2.27. The Hall–Kier alpha value is -2.96. The Labute approximate surface area is 138 Å². The van der Waals surface area contributed by atoms with Crippen molar-refractivity contribution in [2.24, 2.45) is 0 Å². The lowest BCUT2D eigenvalue weighted by Crippen LogP contribution is -2.30. The van der Waals surface area contributed by atoms with Crippen LogP contribution in [0.3, 0.4) is 0 Å². The van der Waals surface area contributed by atoms with E-state index in [-0.39, 0.29) is 10.6 Å². The molecule has 7 heteroatoms. The van der Waals surface area contributed by atoms with E-state index in [1.54, 1.807) is 18.2 Å². The summed E-state index contributed by atoms with van der Waals surface area (Å²) in [5, 5.41) is 11.4. The van der Waals surface area contributed by atoms with Gasteiger partial charge < -0.3 is 9.32 Å². The molecule has 0 bridgehead atoms. The minimum atomic E-state index is -0.373. The number of fused-ring (bicyclic) bond motifs is 1. The maximum atomic E-state index is 11.4. The first-order valence-corrected chi connectivity index (χ1v) is 7.97. The molecule has 0 N–H and O–H groups in total. The summed E-state index contributed by atoms with van der Waals surface area (Å²) >= 11 is 0. The van der Waals surface area contributed by atoms with E-state index in [1.807, 2.05) is 6.07 Å². The molecule has 0 aliphatic carbocycles. The van der Waals surface area contributed by atoms with Crippen molar-refractivity contribution in [3.05, 3.63) is 46.8 Å². The second kappa shape index (κ2) is 5.92. The van der Waals surface area contributed by atoms with Crippen LogP contribution in [0.4, 0.5) is 11.5 Å². The molecule has 0 saturated carbocycles. The summed E-state index contributed by atoms with van der Waals surface area (Å²) in [6.45, 7) is 1.87. The molecule has 0 spiro atoms. The lowest BCUT2D eigenvalue weighted by atomic mass is 10.0. The molecule has 3 heterocycles. The number of aromatic nitrogens is 2. The van der Waals surface area contributed by atoms with Crippen molar-refractivity contribution in [3.63, 3.8) is 0 Å². The van der Waals surface area contributed by atoms with E-state index in [0.717, 1.165) is 31.7 Å². The molecule has 1 fully saturated rings. The Balaban J connectivity index is 1.91. The molecule has 1 aromatic carbocycles. The fourth-order valence-electron chi connectivity index (χ4n) is 3.19. The fraction of sp³-hybridized carbons (Fsp3) is 0.294. The average molecular weight is 324 g/mol. The van der Waals surface area contributed by atoms with E-state index in [2.05, 4.69) is 14.9 Å². The molecule has 1 saturated heterocycles. The van der Waals surface area contributed by atoms with Crippen molar-refractivity contribution >= 4 is 22.7 Å². The highest BCUT2D eigenvalue weighted by atomic mass is 16.6. The minimum Gasteiger partial charge on any atom is -0.425 e. The van der Waals surface area contributed by atoms with E-state index >= 15 is 0 Å². The van der Waals surface area contributed by atoms with Crippen LogP contribution in [0.25, 0.3) is 22.4 Å². The van der Waals surface area contributed by atoms with Gasteiger partial charge in [0.1, 0.15) is 11.3 Å². The second-order valence-electron chi connectivity index (χ2n) is 5.86. The highest BCUT2D eigenvalue weighted by Crippen LogP contribution is 2.36. The molecule has 1 aliphatic heterocycles. The zero-order valence-electron chi connectivity index (χ0n) is 13.0. The highest BCUT2D eigenvalue weighted by molar-refractivity contribution is 5.93. The van der Waals surface area contributed by atoms with Gasteiger partial charge in [0.05, 0.1) is 10.5 Å². The van der Waals surface area contributed by atoms with Crippen LogP contribution in [0.15, 0.2) is 41.1 Å². The number of hydrogen-bond donors (Lipinski definition) is 0. The monoisotopic (exact) mass is 324 g/mol. The fourth-order valence-corrected chi connectivity index (χ4v) is 3.19. The number of pyridine rings is 1. The summed E-state index contributed by atoms with van der Waals surface area (Å²) < 4.78 is 5.39. The predicted molar refractivity (Wildman–Crippen MR) is 90.0 cm³/mol. The number of oxazole rings is 1. The van der Waals surface area contributed by atoms with Crippen LogP contribution in [0.5, 0.6) is 0 Å². The van der Waals surface area contributed by atoms with Crippen LogP contribution in [0.2, 0.25) is 0 Å². The van der Waals surface area contributed by atoms with Gasteiger partial charge in [-0.25, -0.2) is 4.98 Å². The molecule has 0 unspecified atom stereocenters. The van der Waals surface area contributed by atoms with Crippen molar-refractivity contribution < 1.29 is 9.34 Å². The lowest BCUT2D eigenvalue weighted by molar-refractivity contribution is -0.384. The van der Waals surface area contributed by atoms with E-state index in [0.29, 0.717) is 22.4 Å². The van der Waals surface area contributed by atoms with Gasteiger partial charge >= 0.3 is 0 Å². The molecule has 0 radical (unpaired) electrons. The van der Waals surface area contributed by atoms with Crippen molar-refractivity contribution in [1.29, 1.82) is 0 Å². The molecular weight excluding hydrogens is 308 g/mol. The van der Waals surface area contributed by atoms with Gasteiger partial charge in [-0.15, -0.1) is 0 Å². The van der Waals surface area contributed by atoms with E-state index < -0.39 is 0 Å². The Morgan fingerprint density at radius 2 is 1.92 bits per heavy atom. The third kappa shape index (κ3) is 2.47. The summed E-state index contributed by atoms with van der Waals surface area (Å²) in [7, 11) is 0. The van der Waals surface area contributed by atoms with Gasteiger partial charge in [-0.05, 0) is 31.4 Å². The molecule has 2 aromatic heterocycles. The predicted octanol–water partition coefficient (Wildman–Crippen LogP) is 3.79. The molecule has 24 heavy (non-hydrogen) atoms. The van der Waals surface area contributed by atoms with Gasteiger partial charge in [0.2, 0.25) is 5.71 Å². The number of nitrogens with zero attached hydrogens (tertiary/aromatic N) is 4. The number of piperidine rings is 1. The third-order valence-electron chi connectivity index (χ3n) is 4.36. The zero-order chi connectivity index (χ0) is 16.5. The summed E-state index contributed by atoms with van der Waals surface area (Å²) in [4.78, 5) is 22.0. The second-order valence-corrected chi connectivity index (χ2v) is 5.86. The number of para-hydroxylation sites is 1. The molecule has 0 amide bonds. The summed E-state index contributed by atoms with van der Waals surface area (Å²) in [5.41, 5.74) is 2.22. The van der Waals surface area contributed by atoms with Gasteiger partial charge in [0.25, 0.3) is 5.69 Å². The van der Waals surface area contributed by atoms with Gasteiger partial charge in [0.15, 0.2) is 6.39 Å². The summed E-state index contributed by atoms with van der Waals surface area (Å²) in [6, 6.07) is 8.58. The Kier molecular flexibility index (Phi) is 3.60. The SMILES string of the molecule is O=[N+]([O-])c1ccccc1-c1cc(N2CCCCC2)nc2ocnc12. The molecule has 3 aromatic rings. The maximum absolute atomic E-state index is 11.4. The normalized spacial score (nSPS) is 14.9. The number of nitro benzene ring substituents is 1. The van der Waals surface area contributed by atoms with Crippen LogP contribution >= 0.6 is 0 Å². The minimum absolute atomic E-state index is 0.0533. The first-order chi connectivity index (χ1) is 11.7. The van der Waals surface area contributed by atoms with E-state index in [4.69, 9.17) is 4.42 Å². The average Bonchev–Trinajstić information content (AvgIpc) is 3.10. The van der Waals surface area contributed by atoms with Crippen LogP contribution in [-0.2, 0) is 0 Å². The quantitative estimate of drug-likeness (QED) is 0.538. The Bertz CT molecular complexity index is 900. The van der Waals surface area contributed by atoms with Gasteiger partial charge in [-0.1, -0.05) is 12.1 Å². The largest absolute Gasteiger partial charge is 0.425 e. The molecule has 1 aliphatic rings. The first-order valence-electron chi connectivity index (χ1n) is 7.97.